The molecule has 92 valence electrons. The van der Waals surface area contributed by atoms with Gasteiger partial charge in [0.05, 0.1) is 11.8 Å². The molecule has 0 aromatic heterocycles. The highest BCUT2D eigenvalue weighted by Crippen LogP contribution is 2.34. The molecule has 4 nitrogen and oxygen atoms in total. The van der Waals surface area contributed by atoms with E-state index in [1.807, 2.05) is 39.0 Å². The number of amides is 1. The van der Waals surface area contributed by atoms with Crippen molar-refractivity contribution in [2.45, 2.75) is 39.3 Å². The van der Waals surface area contributed by atoms with Gasteiger partial charge in [0, 0.05) is 11.7 Å². The van der Waals surface area contributed by atoms with Crippen LogP contribution in [0.4, 0.5) is 16.2 Å². The van der Waals surface area contributed by atoms with Crippen LogP contribution in [-0.4, -0.2) is 18.2 Å². The van der Waals surface area contributed by atoms with Gasteiger partial charge in [-0.2, -0.15) is 0 Å². The maximum absolute atomic E-state index is 12.0. The summed E-state index contributed by atoms with van der Waals surface area (Å²) in [4.78, 5) is 13.7. The summed E-state index contributed by atoms with van der Waals surface area (Å²) >= 11 is 0. The first-order valence-electron chi connectivity index (χ1n) is 5.87. The zero-order valence-corrected chi connectivity index (χ0v) is 10.4. The van der Waals surface area contributed by atoms with Crippen molar-refractivity contribution in [3.05, 3.63) is 23.8 Å². The number of ether oxygens (including phenoxy) is 1. The molecule has 1 aliphatic rings. The SMILES string of the molecule is CC(C)OC(=O)N1c2ccc(N)cc2CC1C. The van der Waals surface area contributed by atoms with Crippen LogP contribution in [0.1, 0.15) is 26.3 Å². The molecule has 0 aliphatic carbocycles. The Bertz CT molecular complexity index is 443. The number of carbonyl (C=O) groups excluding carboxylic acids is 1. The summed E-state index contributed by atoms with van der Waals surface area (Å²) in [7, 11) is 0. The molecule has 0 saturated carbocycles. The first kappa shape index (κ1) is 11.8. The van der Waals surface area contributed by atoms with E-state index in [0.717, 1.165) is 23.4 Å². The molecule has 1 atom stereocenters. The number of rotatable bonds is 1. The van der Waals surface area contributed by atoms with Crippen LogP contribution >= 0.6 is 0 Å². The van der Waals surface area contributed by atoms with Gasteiger partial charge in [0.15, 0.2) is 0 Å². The lowest BCUT2D eigenvalue weighted by Crippen LogP contribution is -2.37. The highest BCUT2D eigenvalue weighted by Gasteiger charge is 2.32. The number of benzene rings is 1. The van der Waals surface area contributed by atoms with Gasteiger partial charge >= 0.3 is 6.09 Å². The molecule has 0 radical (unpaired) electrons. The Morgan fingerprint density at radius 3 is 2.88 bits per heavy atom. The Morgan fingerprint density at radius 1 is 1.53 bits per heavy atom. The minimum absolute atomic E-state index is 0.104. The molecule has 4 heteroatoms. The molecular weight excluding hydrogens is 216 g/mol. The fourth-order valence-corrected chi connectivity index (χ4v) is 2.19. The molecule has 0 bridgehead atoms. The summed E-state index contributed by atoms with van der Waals surface area (Å²) in [6.07, 6.45) is 0.441. The van der Waals surface area contributed by atoms with Crippen LogP contribution in [0.3, 0.4) is 0 Å². The van der Waals surface area contributed by atoms with E-state index >= 15 is 0 Å². The number of nitrogens with two attached hydrogens (primary N) is 1. The molecule has 1 aliphatic heterocycles. The van der Waals surface area contributed by atoms with Crippen LogP contribution in [0, 0.1) is 0 Å². The van der Waals surface area contributed by atoms with Crippen LogP contribution < -0.4 is 10.6 Å². The van der Waals surface area contributed by atoms with Gasteiger partial charge in [-0.05, 0) is 51.0 Å². The predicted octanol–water partition coefficient (Wildman–Crippen LogP) is 2.56. The van der Waals surface area contributed by atoms with Crippen molar-refractivity contribution in [3.63, 3.8) is 0 Å². The normalized spacial score (nSPS) is 18.4. The van der Waals surface area contributed by atoms with Gasteiger partial charge in [-0.3, -0.25) is 4.90 Å². The van der Waals surface area contributed by atoms with Crippen molar-refractivity contribution in [1.82, 2.24) is 0 Å². The second-order valence-corrected chi connectivity index (χ2v) is 4.74. The van der Waals surface area contributed by atoms with Gasteiger partial charge in [-0.1, -0.05) is 0 Å². The summed E-state index contributed by atoms with van der Waals surface area (Å²) in [5, 5.41) is 0. The van der Waals surface area contributed by atoms with Gasteiger partial charge in [0.1, 0.15) is 0 Å². The Balaban J connectivity index is 2.28. The van der Waals surface area contributed by atoms with E-state index in [0.29, 0.717) is 0 Å². The Kier molecular flexibility index (Phi) is 2.96. The maximum atomic E-state index is 12.0. The monoisotopic (exact) mass is 234 g/mol. The van der Waals surface area contributed by atoms with Crippen LogP contribution in [0.15, 0.2) is 18.2 Å². The topological polar surface area (TPSA) is 55.6 Å². The van der Waals surface area contributed by atoms with Gasteiger partial charge in [0.2, 0.25) is 0 Å². The summed E-state index contributed by atoms with van der Waals surface area (Å²) in [5.74, 6) is 0. The quantitative estimate of drug-likeness (QED) is 0.760. The molecule has 2 N–H and O–H groups in total. The number of anilines is 2. The fourth-order valence-electron chi connectivity index (χ4n) is 2.19. The van der Waals surface area contributed by atoms with E-state index in [4.69, 9.17) is 10.5 Å². The fraction of sp³-hybridized carbons (Fsp3) is 0.462. The molecule has 1 amide bonds. The Labute approximate surface area is 101 Å². The summed E-state index contributed by atoms with van der Waals surface area (Å²) < 4.78 is 5.25. The number of nitrogens with zero attached hydrogens (tertiary/aromatic N) is 1. The lowest BCUT2D eigenvalue weighted by Gasteiger charge is -2.23. The number of nitrogen functional groups attached to an aromatic ring is 1. The highest BCUT2D eigenvalue weighted by molar-refractivity contribution is 5.91. The standard InChI is InChI=1S/C13H18N2O2/c1-8(2)17-13(16)15-9(3)6-10-7-11(14)4-5-12(10)15/h4-5,7-9H,6,14H2,1-3H3. The largest absolute Gasteiger partial charge is 0.446 e. The van der Waals surface area contributed by atoms with E-state index in [9.17, 15) is 4.79 Å². The third-order valence-corrected chi connectivity index (χ3v) is 2.85. The van der Waals surface area contributed by atoms with E-state index in [2.05, 4.69) is 0 Å². The second kappa shape index (κ2) is 4.28. The van der Waals surface area contributed by atoms with Crippen molar-refractivity contribution in [3.8, 4) is 0 Å². The van der Waals surface area contributed by atoms with Crippen molar-refractivity contribution >= 4 is 17.5 Å². The summed E-state index contributed by atoms with van der Waals surface area (Å²) in [5.41, 5.74) is 8.50. The van der Waals surface area contributed by atoms with Crippen molar-refractivity contribution in [1.29, 1.82) is 0 Å². The average Bonchev–Trinajstić information content (AvgIpc) is 2.51. The van der Waals surface area contributed by atoms with Crippen molar-refractivity contribution < 1.29 is 9.53 Å². The maximum Gasteiger partial charge on any atom is 0.414 e. The summed E-state index contributed by atoms with van der Waals surface area (Å²) in [6, 6.07) is 5.74. The first-order chi connectivity index (χ1) is 7.99. The lowest BCUT2D eigenvalue weighted by molar-refractivity contribution is 0.121. The van der Waals surface area contributed by atoms with Crippen LogP contribution in [0.5, 0.6) is 0 Å². The number of fused-ring (bicyclic) bond motifs is 1. The zero-order chi connectivity index (χ0) is 12.6. The molecular formula is C13H18N2O2. The Hall–Kier alpha value is -1.71. The molecule has 1 aromatic rings. The molecule has 17 heavy (non-hydrogen) atoms. The minimum atomic E-state index is -0.281. The minimum Gasteiger partial charge on any atom is -0.446 e. The van der Waals surface area contributed by atoms with Crippen molar-refractivity contribution in [2.24, 2.45) is 0 Å². The van der Waals surface area contributed by atoms with E-state index < -0.39 is 0 Å². The number of carbonyl (C=O) groups is 1. The van der Waals surface area contributed by atoms with Gasteiger partial charge in [-0.25, -0.2) is 4.79 Å². The lowest BCUT2D eigenvalue weighted by atomic mass is 10.1. The second-order valence-electron chi connectivity index (χ2n) is 4.74. The predicted molar refractivity (Wildman–Crippen MR) is 68.1 cm³/mol. The van der Waals surface area contributed by atoms with E-state index in [-0.39, 0.29) is 18.2 Å². The van der Waals surface area contributed by atoms with Gasteiger partial charge in [0.25, 0.3) is 0 Å². The first-order valence-corrected chi connectivity index (χ1v) is 5.87. The summed E-state index contributed by atoms with van der Waals surface area (Å²) in [6.45, 7) is 5.71. The van der Waals surface area contributed by atoms with E-state index in [1.165, 1.54) is 0 Å². The molecule has 0 spiro atoms. The third-order valence-electron chi connectivity index (χ3n) is 2.85. The molecule has 0 fully saturated rings. The van der Waals surface area contributed by atoms with Gasteiger partial charge in [-0.15, -0.1) is 0 Å². The van der Waals surface area contributed by atoms with Crippen LogP contribution in [0.2, 0.25) is 0 Å². The third kappa shape index (κ3) is 2.20. The average molecular weight is 234 g/mol. The van der Waals surface area contributed by atoms with Gasteiger partial charge < -0.3 is 10.5 Å². The molecule has 1 aromatic carbocycles. The number of hydrogen-bond acceptors (Lipinski definition) is 3. The molecule has 2 rings (SSSR count). The van der Waals surface area contributed by atoms with Crippen LogP contribution in [0.25, 0.3) is 0 Å². The molecule has 1 heterocycles. The zero-order valence-electron chi connectivity index (χ0n) is 10.4. The highest BCUT2D eigenvalue weighted by atomic mass is 16.6. The van der Waals surface area contributed by atoms with E-state index in [1.54, 1.807) is 4.90 Å². The molecule has 1 unspecified atom stereocenters. The number of hydrogen-bond donors (Lipinski definition) is 1. The smallest absolute Gasteiger partial charge is 0.414 e. The van der Waals surface area contributed by atoms with Crippen LogP contribution in [-0.2, 0) is 11.2 Å². The molecule has 0 saturated heterocycles. The van der Waals surface area contributed by atoms with Crippen molar-refractivity contribution in [2.75, 3.05) is 10.6 Å². The Morgan fingerprint density at radius 2 is 2.24 bits per heavy atom.